The fraction of sp³-hybridized carbons (Fsp3) is 0.421. The minimum atomic E-state index is -0.287. The van der Waals surface area contributed by atoms with Crippen LogP contribution in [0, 0.1) is 11.7 Å². The van der Waals surface area contributed by atoms with E-state index in [2.05, 4.69) is 30.4 Å². The quantitative estimate of drug-likeness (QED) is 0.804. The van der Waals surface area contributed by atoms with Gasteiger partial charge in [0.15, 0.2) is 0 Å². The zero-order valence-electron chi connectivity index (χ0n) is 15.6. The molecule has 27 heavy (non-hydrogen) atoms. The molecule has 2 atom stereocenters. The summed E-state index contributed by atoms with van der Waals surface area (Å²) in [7, 11) is 4.05. The minimum Gasteiger partial charge on any atom is -0.354 e. The SMILES string of the molecule is CN(C)C[C@@H]1CN(c2ccncn2)C[C@H]1NC(=O)NCc1ccc(F)cc1. The molecule has 144 valence electrons. The molecule has 8 heteroatoms. The van der Waals surface area contributed by atoms with Crippen molar-refractivity contribution in [3.63, 3.8) is 0 Å². The average Bonchev–Trinajstić information content (AvgIpc) is 3.04. The molecule has 0 radical (unpaired) electrons. The van der Waals surface area contributed by atoms with Gasteiger partial charge in [-0.3, -0.25) is 0 Å². The Morgan fingerprint density at radius 2 is 2.04 bits per heavy atom. The van der Waals surface area contributed by atoms with Gasteiger partial charge in [-0.15, -0.1) is 0 Å². The van der Waals surface area contributed by atoms with E-state index < -0.39 is 0 Å². The second-order valence-electron chi connectivity index (χ2n) is 7.05. The van der Waals surface area contributed by atoms with Gasteiger partial charge in [0.2, 0.25) is 0 Å². The molecule has 2 heterocycles. The normalized spacial score (nSPS) is 19.3. The molecule has 3 rings (SSSR count). The third-order valence-electron chi connectivity index (χ3n) is 4.61. The van der Waals surface area contributed by atoms with Gasteiger partial charge < -0.3 is 20.4 Å². The molecule has 1 aliphatic rings. The minimum absolute atomic E-state index is 0.00980. The Morgan fingerprint density at radius 1 is 1.26 bits per heavy atom. The van der Waals surface area contributed by atoms with Crippen molar-refractivity contribution in [3.8, 4) is 0 Å². The van der Waals surface area contributed by atoms with Crippen LogP contribution in [0.15, 0.2) is 42.9 Å². The summed E-state index contributed by atoms with van der Waals surface area (Å²) in [6, 6.07) is 7.77. The number of nitrogens with one attached hydrogen (secondary N) is 2. The predicted octanol–water partition coefficient (Wildman–Crippen LogP) is 1.48. The molecule has 1 saturated heterocycles. The third kappa shape index (κ3) is 5.37. The van der Waals surface area contributed by atoms with Crippen LogP contribution in [0.2, 0.25) is 0 Å². The lowest BCUT2D eigenvalue weighted by Crippen LogP contribution is -2.47. The molecule has 2 N–H and O–H groups in total. The maximum Gasteiger partial charge on any atom is 0.315 e. The summed E-state index contributed by atoms with van der Waals surface area (Å²) in [4.78, 5) is 24.9. The number of amides is 2. The predicted molar refractivity (Wildman–Crippen MR) is 102 cm³/mol. The van der Waals surface area contributed by atoms with E-state index in [1.165, 1.54) is 18.5 Å². The van der Waals surface area contributed by atoms with Crippen LogP contribution < -0.4 is 15.5 Å². The highest BCUT2D eigenvalue weighted by atomic mass is 19.1. The van der Waals surface area contributed by atoms with E-state index in [1.807, 2.05) is 20.2 Å². The Labute approximate surface area is 158 Å². The van der Waals surface area contributed by atoms with Gasteiger partial charge in [-0.2, -0.15) is 0 Å². The number of aromatic nitrogens is 2. The summed E-state index contributed by atoms with van der Waals surface area (Å²) < 4.78 is 13.0. The molecule has 0 bridgehead atoms. The summed E-state index contributed by atoms with van der Waals surface area (Å²) in [6.45, 7) is 2.73. The van der Waals surface area contributed by atoms with Crippen LogP contribution in [-0.2, 0) is 6.54 Å². The van der Waals surface area contributed by atoms with Crippen LogP contribution in [0.25, 0.3) is 0 Å². The Balaban J connectivity index is 1.58. The fourth-order valence-electron chi connectivity index (χ4n) is 3.35. The summed E-state index contributed by atoms with van der Waals surface area (Å²) in [5.41, 5.74) is 0.852. The number of halogens is 1. The van der Waals surface area contributed by atoms with Crippen LogP contribution in [0.5, 0.6) is 0 Å². The highest BCUT2D eigenvalue weighted by Gasteiger charge is 2.34. The van der Waals surface area contributed by atoms with Crippen molar-refractivity contribution in [2.24, 2.45) is 5.92 Å². The number of nitrogens with zero attached hydrogens (tertiary/aromatic N) is 4. The first-order valence-corrected chi connectivity index (χ1v) is 8.96. The first-order valence-electron chi connectivity index (χ1n) is 8.96. The molecular formula is C19H25FN6O. The molecule has 0 unspecified atom stereocenters. The van der Waals surface area contributed by atoms with E-state index in [0.29, 0.717) is 13.1 Å². The molecule has 1 fully saturated rings. The second-order valence-corrected chi connectivity index (χ2v) is 7.05. The highest BCUT2D eigenvalue weighted by molar-refractivity contribution is 5.74. The van der Waals surface area contributed by atoms with Crippen LogP contribution in [0.3, 0.4) is 0 Å². The van der Waals surface area contributed by atoms with E-state index in [0.717, 1.165) is 24.5 Å². The molecule has 0 aliphatic carbocycles. The Hall–Kier alpha value is -2.74. The standard InChI is InChI=1S/C19H25FN6O/c1-25(2)10-15-11-26(18-7-8-21-13-23-18)12-17(15)24-19(27)22-9-14-3-5-16(20)6-4-14/h3-8,13,15,17H,9-12H2,1-2H3,(H2,22,24,27)/t15-,17-/m1/s1. The molecule has 7 nitrogen and oxygen atoms in total. The lowest BCUT2D eigenvalue weighted by atomic mass is 10.0. The van der Waals surface area contributed by atoms with Crippen LogP contribution in [0.1, 0.15) is 5.56 Å². The number of anilines is 1. The van der Waals surface area contributed by atoms with Crippen molar-refractivity contribution >= 4 is 11.8 Å². The van der Waals surface area contributed by atoms with E-state index in [4.69, 9.17) is 0 Å². The number of carbonyl (C=O) groups excluding carboxylic acids is 1. The number of hydrogen-bond acceptors (Lipinski definition) is 5. The zero-order chi connectivity index (χ0) is 19.2. The number of urea groups is 1. The molecule has 2 aromatic rings. The summed E-state index contributed by atoms with van der Waals surface area (Å²) >= 11 is 0. The number of hydrogen-bond donors (Lipinski definition) is 2. The third-order valence-corrected chi connectivity index (χ3v) is 4.61. The smallest absolute Gasteiger partial charge is 0.315 e. The van der Waals surface area contributed by atoms with Gasteiger partial charge in [0.25, 0.3) is 0 Å². The van der Waals surface area contributed by atoms with Crippen molar-refractivity contribution in [3.05, 3.63) is 54.2 Å². The lowest BCUT2D eigenvalue weighted by molar-refractivity contribution is 0.230. The van der Waals surface area contributed by atoms with Crippen molar-refractivity contribution in [2.45, 2.75) is 12.6 Å². The topological polar surface area (TPSA) is 73.4 Å². The van der Waals surface area contributed by atoms with Crippen LogP contribution >= 0.6 is 0 Å². The number of benzene rings is 1. The van der Waals surface area contributed by atoms with E-state index >= 15 is 0 Å². The van der Waals surface area contributed by atoms with Gasteiger partial charge in [-0.05, 0) is 37.9 Å². The van der Waals surface area contributed by atoms with Gasteiger partial charge in [0.05, 0.1) is 6.04 Å². The molecule has 2 amide bonds. The molecule has 1 aromatic heterocycles. The van der Waals surface area contributed by atoms with Crippen molar-refractivity contribution in [2.75, 3.05) is 38.6 Å². The Kier molecular flexibility index (Phi) is 6.18. The van der Waals surface area contributed by atoms with Gasteiger partial charge >= 0.3 is 6.03 Å². The molecule has 1 aliphatic heterocycles. The van der Waals surface area contributed by atoms with Gasteiger partial charge in [0, 0.05) is 38.3 Å². The van der Waals surface area contributed by atoms with Gasteiger partial charge in [-0.1, -0.05) is 12.1 Å². The molecular weight excluding hydrogens is 347 g/mol. The monoisotopic (exact) mass is 372 g/mol. The molecule has 1 aromatic carbocycles. The largest absolute Gasteiger partial charge is 0.354 e. The average molecular weight is 372 g/mol. The number of rotatable bonds is 6. The fourth-order valence-corrected chi connectivity index (χ4v) is 3.35. The number of carbonyl (C=O) groups is 1. The van der Waals surface area contributed by atoms with Crippen molar-refractivity contribution < 1.29 is 9.18 Å². The van der Waals surface area contributed by atoms with E-state index in [9.17, 15) is 9.18 Å². The van der Waals surface area contributed by atoms with Gasteiger partial charge in [0.1, 0.15) is 18.0 Å². The van der Waals surface area contributed by atoms with E-state index in [-0.39, 0.29) is 23.8 Å². The van der Waals surface area contributed by atoms with Crippen molar-refractivity contribution in [1.29, 1.82) is 0 Å². The Morgan fingerprint density at radius 3 is 2.70 bits per heavy atom. The van der Waals surface area contributed by atoms with Gasteiger partial charge in [-0.25, -0.2) is 19.2 Å². The zero-order valence-corrected chi connectivity index (χ0v) is 15.6. The van der Waals surface area contributed by atoms with E-state index in [1.54, 1.807) is 18.3 Å². The summed E-state index contributed by atoms with van der Waals surface area (Å²) in [6.07, 6.45) is 3.26. The van der Waals surface area contributed by atoms with Crippen LogP contribution in [-0.4, -0.2) is 60.7 Å². The van der Waals surface area contributed by atoms with Crippen molar-refractivity contribution in [1.82, 2.24) is 25.5 Å². The molecule has 0 saturated carbocycles. The first kappa shape index (κ1) is 19.0. The maximum atomic E-state index is 13.0. The second kappa shape index (κ2) is 8.77. The summed E-state index contributed by atoms with van der Waals surface area (Å²) in [5.74, 6) is 0.863. The summed E-state index contributed by atoms with van der Waals surface area (Å²) in [5, 5.41) is 5.92. The highest BCUT2D eigenvalue weighted by Crippen LogP contribution is 2.22. The maximum absolute atomic E-state index is 13.0. The lowest BCUT2D eigenvalue weighted by Gasteiger charge is -2.22. The first-order chi connectivity index (χ1) is 13.0. The van der Waals surface area contributed by atoms with Crippen LogP contribution in [0.4, 0.5) is 15.0 Å². The molecule has 0 spiro atoms. The Bertz CT molecular complexity index is 740.